The van der Waals surface area contributed by atoms with Crippen molar-refractivity contribution in [1.29, 1.82) is 0 Å². The van der Waals surface area contributed by atoms with E-state index in [2.05, 4.69) is 12.8 Å². The second kappa shape index (κ2) is 1050. The highest BCUT2D eigenvalue weighted by Crippen LogP contribution is 1.15. The van der Waals surface area contributed by atoms with Crippen LogP contribution in [0.1, 0.15) is 41.5 Å². The fourth-order valence-electron chi connectivity index (χ4n) is 0. The summed E-state index contributed by atoms with van der Waals surface area (Å²) in [5.74, 6) is 0. The number of rotatable bonds is 0. The van der Waals surface area contributed by atoms with Crippen LogP contribution in [0.15, 0.2) is 0 Å². The fourth-order valence-corrected chi connectivity index (χ4v) is 0. The van der Waals surface area contributed by atoms with Gasteiger partial charge in [-0.1, -0.05) is 41.5 Å². The zero-order valence-electron chi connectivity index (χ0n) is 7.15. The van der Waals surface area contributed by atoms with Crippen molar-refractivity contribution in [3.05, 3.63) is 0 Å². The van der Waals surface area contributed by atoms with Crippen molar-refractivity contribution in [2.24, 2.45) is 0 Å². The molecule has 0 atom stereocenters. The molecule has 0 heteroatoms. The Labute approximate surface area is 55.3 Å². The van der Waals surface area contributed by atoms with Crippen molar-refractivity contribution in [2.45, 2.75) is 41.5 Å². The average Bonchev–Trinajstić information content (AvgIpc) is 2.03. The van der Waals surface area contributed by atoms with E-state index in [-0.39, 0.29) is 0 Å². The molecule has 8 heavy (non-hydrogen) atoms. The van der Waals surface area contributed by atoms with Crippen LogP contribution in [0.2, 0.25) is 0 Å². The van der Waals surface area contributed by atoms with Gasteiger partial charge in [-0.15, -0.1) is 12.8 Å². The summed E-state index contributed by atoms with van der Waals surface area (Å²) in [6, 6.07) is 0. The normalized spacial score (nSPS) is 2.50. The molecule has 0 aromatic heterocycles. The van der Waals surface area contributed by atoms with Gasteiger partial charge in [0.05, 0.1) is 0 Å². The van der Waals surface area contributed by atoms with Crippen LogP contribution in [0.3, 0.4) is 0 Å². The first-order valence-electron chi connectivity index (χ1n) is 3.33. The summed E-state index contributed by atoms with van der Waals surface area (Å²) >= 11 is 0. The maximum atomic E-state index is 4.00. The minimum Gasteiger partial charge on any atom is -0.124 e. The first-order chi connectivity index (χ1) is 4.00. The van der Waals surface area contributed by atoms with Gasteiger partial charge in [0.2, 0.25) is 0 Å². The molecule has 0 bridgehead atoms. The summed E-state index contributed by atoms with van der Waals surface area (Å²) in [5, 5.41) is 0. The lowest BCUT2D eigenvalue weighted by molar-refractivity contribution is 1.50. The van der Waals surface area contributed by atoms with E-state index < -0.39 is 0 Å². The fraction of sp³-hybridized carbons (Fsp3) is 0.750. The molecule has 0 aliphatic heterocycles. The molecule has 0 amide bonds. The van der Waals surface area contributed by atoms with Gasteiger partial charge in [-0.3, -0.25) is 0 Å². The SMILES string of the molecule is C#C.CC.CC.CC. The second-order valence-corrected chi connectivity index (χ2v) is 0. The van der Waals surface area contributed by atoms with Crippen molar-refractivity contribution >= 4 is 0 Å². The monoisotopic (exact) mass is 116 g/mol. The lowest BCUT2D eigenvalue weighted by atomic mass is 11.0. The van der Waals surface area contributed by atoms with Crippen LogP contribution in [-0.2, 0) is 0 Å². The molecule has 0 N–H and O–H groups in total. The largest absolute Gasteiger partial charge is 0.124 e. The van der Waals surface area contributed by atoms with Gasteiger partial charge in [-0.2, -0.15) is 0 Å². The zero-order valence-corrected chi connectivity index (χ0v) is 7.15. The first-order valence-corrected chi connectivity index (χ1v) is 3.33. The summed E-state index contributed by atoms with van der Waals surface area (Å²) in [6.45, 7) is 12.0. The zero-order chi connectivity index (χ0) is 8.00. The Kier molecular flexibility index (Phi) is 3360. The minimum atomic E-state index is 2.00. The molecule has 0 fully saturated rings. The highest BCUT2D eigenvalue weighted by Gasteiger charge is 0.936. The van der Waals surface area contributed by atoms with Crippen molar-refractivity contribution in [1.82, 2.24) is 0 Å². The number of hydrogen-bond donors (Lipinski definition) is 0. The Morgan fingerprint density at radius 1 is 0.500 bits per heavy atom. The van der Waals surface area contributed by atoms with Crippen LogP contribution < -0.4 is 0 Å². The Bertz CT molecular complexity index is 4.75. The lowest BCUT2D eigenvalue weighted by Crippen LogP contribution is -0.856. The van der Waals surface area contributed by atoms with Crippen molar-refractivity contribution < 1.29 is 0 Å². The molecule has 0 aromatic carbocycles. The van der Waals surface area contributed by atoms with Crippen LogP contribution in [-0.4, -0.2) is 0 Å². The lowest BCUT2D eigenvalue weighted by Gasteiger charge is -1.07. The summed E-state index contributed by atoms with van der Waals surface area (Å²) in [5.41, 5.74) is 0. The first kappa shape index (κ1) is 25.7. The molecule has 0 saturated carbocycles. The van der Waals surface area contributed by atoms with E-state index in [1.807, 2.05) is 41.5 Å². The van der Waals surface area contributed by atoms with Crippen LogP contribution in [0.4, 0.5) is 0 Å². The standard InChI is InChI=1S/3C2H6.C2H2/c4*1-2/h3*1-2H3;1-2H. The molecule has 0 spiro atoms. The van der Waals surface area contributed by atoms with E-state index in [4.69, 9.17) is 0 Å². The van der Waals surface area contributed by atoms with Crippen LogP contribution in [0, 0.1) is 12.8 Å². The molecule has 0 rings (SSSR count). The van der Waals surface area contributed by atoms with Gasteiger partial charge in [0.15, 0.2) is 0 Å². The van der Waals surface area contributed by atoms with Crippen LogP contribution in [0.25, 0.3) is 0 Å². The Morgan fingerprint density at radius 3 is 0.500 bits per heavy atom. The second-order valence-electron chi connectivity index (χ2n) is 0. The van der Waals surface area contributed by atoms with Crippen LogP contribution in [0.5, 0.6) is 0 Å². The summed E-state index contributed by atoms with van der Waals surface area (Å²) < 4.78 is 0. The maximum absolute atomic E-state index is 4.00. The predicted molar refractivity (Wildman–Crippen MR) is 43.9 cm³/mol. The third-order valence-corrected chi connectivity index (χ3v) is 0. The van der Waals surface area contributed by atoms with Gasteiger partial charge < -0.3 is 0 Å². The van der Waals surface area contributed by atoms with E-state index in [0.29, 0.717) is 0 Å². The van der Waals surface area contributed by atoms with Gasteiger partial charge in [0, 0.05) is 0 Å². The van der Waals surface area contributed by atoms with Gasteiger partial charge in [0.1, 0.15) is 0 Å². The maximum Gasteiger partial charge on any atom is -0.0683 e. The van der Waals surface area contributed by atoms with E-state index in [0.717, 1.165) is 0 Å². The molecular weight excluding hydrogens is 96.1 g/mol. The van der Waals surface area contributed by atoms with Crippen molar-refractivity contribution in [3.8, 4) is 12.8 Å². The molecule has 0 aliphatic rings. The van der Waals surface area contributed by atoms with E-state index in [1.54, 1.807) is 0 Å². The Morgan fingerprint density at radius 2 is 0.500 bits per heavy atom. The Hall–Kier alpha value is -0.440. The molecule has 0 saturated heterocycles. The Balaban J connectivity index is -0.0000000133. The minimum absolute atomic E-state index is 2.00. The summed E-state index contributed by atoms with van der Waals surface area (Å²) in [6.07, 6.45) is 8.00. The molecule has 0 aromatic rings. The highest BCUT2D eigenvalue weighted by atomic mass is 13.0. The molecule has 0 unspecified atom stereocenters. The van der Waals surface area contributed by atoms with E-state index >= 15 is 0 Å². The molecule has 0 nitrogen and oxygen atoms in total. The van der Waals surface area contributed by atoms with E-state index in [1.165, 1.54) is 0 Å². The summed E-state index contributed by atoms with van der Waals surface area (Å²) in [7, 11) is 0. The van der Waals surface area contributed by atoms with Crippen molar-refractivity contribution in [3.63, 3.8) is 0 Å². The topological polar surface area (TPSA) is 0 Å². The smallest absolute Gasteiger partial charge is 0.0683 e. The van der Waals surface area contributed by atoms with Gasteiger partial charge in [-0.25, -0.2) is 0 Å². The van der Waals surface area contributed by atoms with E-state index in [9.17, 15) is 0 Å². The third-order valence-electron chi connectivity index (χ3n) is 0. The predicted octanol–water partition coefficient (Wildman–Crippen LogP) is 3.33. The van der Waals surface area contributed by atoms with Gasteiger partial charge >= 0.3 is 0 Å². The molecule has 0 heterocycles. The quantitative estimate of drug-likeness (QED) is 0.426. The highest BCUT2D eigenvalue weighted by molar-refractivity contribution is 4.47. The molecule has 0 radical (unpaired) electrons. The number of terminal acetylenes is 1. The summed E-state index contributed by atoms with van der Waals surface area (Å²) in [4.78, 5) is 0. The molecule has 0 aliphatic carbocycles. The van der Waals surface area contributed by atoms with Gasteiger partial charge in [-0.05, 0) is 0 Å². The van der Waals surface area contributed by atoms with Crippen molar-refractivity contribution in [2.75, 3.05) is 0 Å². The molecular formula is C8H20. The third kappa shape index (κ3) is 597. The molecule has 52 valence electrons. The average molecular weight is 116 g/mol. The van der Waals surface area contributed by atoms with Crippen LogP contribution >= 0.6 is 0 Å². The van der Waals surface area contributed by atoms with Gasteiger partial charge in [0.25, 0.3) is 0 Å². The number of hydrogen-bond acceptors (Lipinski definition) is 0.